The molecule has 124 valence electrons. The van der Waals surface area contributed by atoms with Gasteiger partial charge < -0.3 is 5.32 Å². The fraction of sp³-hybridized carbons (Fsp3) is 0.467. The molecule has 1 fully saturated rings. The fourth-order valence-corrected chi connectivity index (χ4v) is 3.86. The largest absolute Gasteiger partial charge is 0.326 e. The normalized spacial score (nSPS) is 16.7. The van der Waals surface area contributed by atoms with Crippen molar-refractivity contribution >= 4 is 33.2 Å². The van der Waals surface area contributed by atoms with Crippen molar-refractivity contribution in [3.63, 3.8) is 0 Å². The Morgan fingerprint density at radius 1 is 1.43 bits per heavy atom. The van der Waals surface area contributed by atoms with E-state index >= 15 is 0 Å². The molecule has 6 nitrogen and oxygen atoms in total. The number of hydrogen-bond acceptors (Lipinski definition) is 4. The van der Waals surface area contributed by atoms with Gasteiger partial charge in [0.2, 0.25) is 15.9 Å². The number of carbonyl (C=O) groups is 1. The van der Waals surface area contributed by atoms with Gasteiger partial charge in [-0.2, -0.15) is 5.26 Å². The first kappa shape index (κ1) is 17.7. The number of nitrogens with one attached hydrogen (secondary N) is 1. The molecule has 1 N–H and O–H groups in total. The number of amides is 1. The van der Waals surface area contributed by atoms with Crippen molar-refractivity contribution in [3.05, 3.63) is 28.8 Å². The molecule has 0 unspecified atom stereocenters. The number of rotatable bonds is 4. The first-order valence-electron chi connectivity index (χ1n) is 7.35. The minimum atomic E-state index is -3.19. The molecular formula is C15H18ClN3O3S. The van der Waals surface area contributed by atoms with Gasteiger partial charge in [0.1, 0.15) is 6.07 Å². The molecule has 0 aliphatic carbocycles. The number of carbonyl (C=O) groups excluding carboxylic acids is 1. The van der Waals surface area contributed by atoms with Crippen LogP contribution < -0.4 is 5.32 Å². The lowest BCUT2D eigenvalue weighted by molar-refractivity contribution is -0.120. The molecule has 1 aromatic carbocycles. The number of nitriles is 1. The second-order valence-electron chi connectivity index (χ2n) is 5.37. The molecule has 23 heavy (non-hydrogen) atoms. The third-order valence-corrected chi connectivity index (χ3v) is 6.13. The molecule has 0 radical (unpaired) electrons. The van der Waals surface area contributed by atoms with Gasteiger partial charge in [-0.25, -0.2) is 12.7 Å². The van der Waals surface area contributed by atoms with Gasteiger partial charge in [-0.15, -0.1) is 0 Å². The number of hydrogen-bond donors (Lipinski definition) is 1. The molecule has 2 rings (SSSR count). The van der Waals surface area contributed by atoms with Crippen molar-refractivity contribution in [2.45, 2.75) is 19.8 Å². The Labute approximate surface area is 141 Å². The molecule has 1 saturated heterocycles. The number of benzene rings is 1. The van der Waals surface area contributed by atoms with E-state index in [9.17, 15) is 13.2 Å². The van der Waals surface area contributed by atoms with E-state index in [0.29, 0.717) is 37.2 Å². The summed E-state index contributed by atoms with van der Waals surface area (Å²) in [7, 11) is -3.19. The van der Waals surface area contributed by atoms with E-state index in [4.69, 9.17) is 16.9 Å². The summed E-state index contributed by atoms with van der Waals surface area (Å²) in [5, 5.41) is 11.9. The van der Waals surface area contributed by atoms with Crippen LogP contribution in [0.5, 0.6) is 0 Å². The Bertz CT molecular complexity index is 735. The number of anilines is 1. The first-order valence-corrected chi connectivity index (χ1v) is 9.34. The Morgan fingerprint density at radius 2 is 2.09 bits per heavy atom. The smallest absolute Gasteiger partial charge is 0.227 e. The molecule has 8 heteroatoms. The lowest BCUT2D eigenvalue weighted by atomic mass is 9.97. The third kappa shape index (κ3) is 4.22. The monoisotopic (exact) mass is 355 g/mol. The van der Waals surface area contributed by atoms with Gasteiger partial charge in [0.15, 0.2) is 0 Å². The molecule has 0 atom stereocenters. The van der Waals surface area contributed by atoms with Crippen LogP contribution in [0.4, 0.5) is 5.69 Å². The maximum absolute atomic E-state index is 12.3. The highest BCUT2D eigenvalue weighted by molar-refractivity contribution is 7.89. The summed E-state index contributed by atoms with van der Waals surface area (Å²) < 4.78 is 25.0. The maximum Gasteiger partial charge on any atom is 0.227 e. The molecule has 1 aromatic rings. The summed E-state index contributed by atoms with van der Waals surface area (Å²) in [5.74, 6) is -0.305. The molecule has 1 aliphatic heterocycles. The van der Waals surface area contributed by atoms with Crippen LogP contribution in [0.2, 0.25) is 5.02 Å². The van der Waals surface area contributed by atoms with E-state index < -0.39 is 10.0 Å². The molecule has 1 heterocycles. The van der Waals surface area contributed by atoms with E-state index in [1.165, 1.54) is 10.4 Å². The van der Waals surface area contributed by atoms with Crippen molar-refractivity contribution in [3.8, 4) is 6.07 Å². The Kier molecular flexibility index (Phi) is 5.63. The first-order chi connectivity index (χ1) is 10.9. The van der Waals surface area contributed by atoms with Crippen molar-refractivity contribution in [1.82, 2.24) is 4.31 Å². The van der Waals surface area contributed by atoms with Crippen LogP contribution in [0.25, 0.3) is 0 Å². The van der Waals surface area contributed by atoms with Crippen LogP contribution in [0, 0.1) is 17.2 Å². The summed E-state index contributed by atoms with van der Waals surface area (Å²) in [4.78, 5) is 12.3. The number of nitrogens with zero attached hydrogens (tertiary/aromatic N) is 2. The number of piperidine rings is 1. The minimum Gasteiger partial charge on any atom is -0.326 e. The van der Waals surface area contributed by atoms with E-state index in [-0.39, 0.29) is 22.6 Å². The summed E-state index contributed by atoms with van der Waals surface area (Å²) in [6, 6.07) is 6.67. The molecule has 0 aromatic heterocycles. The van der Waals surface area contributed by atoms with Gasteiger partial charge in [0, 0.05) is 24.7 Å². The van der Waals surface area contributed by atoms with Crippen LogP contribution in [-0.4, -0.2) is 37.5 Å². The SMILES string of the molecule is CCS(=O)(=O)N1CCC(C(=O)Nc2ccc(C#N)c(Cl)c2)CC1. The second kappa shape index (κ2) is 7.30. The Balaban J connectivity index is 1.96. The Morgan fingerprint density at radius 3 is 2.61 bits per heavy atom. The van der Waals surface area contributed by atoms with Gasteiger partial charge in [-0.1, -0.05) is 11.6 Å². The molecule has 1 aliphatic rings. The molecule has 0 saturated carbocycles. The standard InChI is InChI=1S/C15H18ClN3O3S/c1-2-23(21,22)19-7-5-11(6-8-19)15(20)18-13-4-3-12(10-17)14(16)9-13/h3-4,9,11H,2,5-8H2,1H3,(H,18,20). The van der Waals surface area contributed by atoms with Crippen LogP contribution in [0.15, 0.2) is 18.2 Å². The van der Waals surface area contributed by atoms with Crippen molar-refractivity contribution in [2.24, 2.45) is 5.92 Å². The van der Waals surface area contributed by atoms with E-state index in [1.54, 1.807) is 19.1 Å². The van der Waals surface area contributed by atoms with Crippen molar-refractivity contribution < 1.29 is 13.2 Å². The fourth-order valence-electron chi connectivity index (χ4n) is 2.51. The summed E-state index contributed by atoms with van der Waals surface area (Å²) >= 11 is 5.94. The van der Waals surface area contributed by atoms with Gasteiger partial charge in [-0.05, 0) is 38.0 Å². The van der Waals surface area contributed by atoms with Crippen LogP contribution in [0.1, 0.15) is 25.3 Å². The summed E-state index contributed by atoms with van der Waals surface area (Å²) in [5.41, 5.74) is 0.880. The molecular weight excluding hydrogens is 338 g/mol. The second-order valence-corrected chi connectivity index (χ2v) is 8.03. The quantitative estimate of drug-likeness (QED) is 0.896. The van der Waals surface area contributed by atoms with E-state index in [2.05, 4.69) is 5.32 Å². The number of sulfonamides is 1. The molecule has 1 amide bonds. The van der Waals surface area contributed by atoms with Gasteiger partial charge >= 0.3 is 0 Å². The van der Waals surface area contributed by atoms with E-state index in [1.807, 2.05) is 6.07 Å². The zero-order valence-electron chi connectivity index (χ0n) is 12.8. The highest BCUT2D eigenvalue weighted by Crippen LogP contribution is 2.24. The summed E-state index contributed by atoms with van der Waals surface area (Å²) in [6.45, 7) is 2.34. The lowest BCUT2D eigenvalue weighted by Crippen LogP contribution is -2.42. The van der Waals surface area contributed by atoms with Crippen LogP contribution in [0.3, 0.4) is 0 Å². The molecule has 0 spiro atoms. The predicted molar refractivity (Wildman–Crippen MR) is 88.6 cm³/mol. The zero-order chi connectivity index (χ0) is 17.0. The van der Waals surface area contributed by atoms with Gasteiger partial charge in [0.05, 0.1) is 16.3 Å². The van der Waals surface area contributed by atoms with E-state index in [0.717, 1.165) is 0 Å². The average Bonchev–Trinajstić information content (AvgIpc) is 2.55. The Hall–Kier alpha value is -1.62. The van der Waals surface area contributed by atoms with Crippen molar-refractivity contribution in [2.75, 3.05) is 24.2 Å². The lowest BCUT2D eigenvalue weighted by Gasteiger charge is -2.30. The molecule has 0 bridgehead atoms. The van der Waals surface area contributed by atoms with Gasteiger partial charge in [-0.3, -0.25) is 4.79 Å². The average molecular weight is 356 g/mol. The van der Waals surface area contributed by atoms with Crippen molar-refractivity contribution in [1.29, 1.82) is 5.26 Å². The third-order valence-electron chi connectivity index (χ3n) is 3.94. The topological polar surface area (TPSA) is 90.3 Å². The summed E-state index contributed by atoms with van der Waals surface area (Å²) in [6.07, 6.45) is 0.990. The number of halogens is 1. The van der Waals surface area contributed by atoms with Crippen LogP contribution >= 0.6 is 11.6 Å². The predicted octanol–water partition coefficient (Wildman–Crippen LogP) is 2.21. The highest BCUT2D eigenvalue weighted by atomic mass is 35.5. The van der Waals surface area contributed by atoms with Gasteiger partial charge in [0.25, 0.3) is 0 Å². The van der Waals surface area contributed by atoms with Crippen LogP contribution in [-0.2, 0) is 14.8 Å². The minimum absolute atomic E-state index is 0.0770. The zero-order valence-corrected chi connectivity index (χ0v) is 14.3. The highest BCUT2D eigenvalue weighted by Gasteiger charge is 2.30. The maximum atomic E-state index is 12.3.